The number of non-ortho nitro benzene ring substituents is 1. The lowest BCUT2D eigenvalue weighted by molar-refractivity contribution is -0.394. The van der Waals surface area contributed by atoms with Crippen LogP contribution in [0.4, 0.5) is 17.1 Å². The number of nitro benzene ring substituents is 2. The third-order valence-corrected chi connectivity index (χ3v) is 5.69. The van der Waals surface area contributed by atoms with Gasteiger partial charge in [0.1, 0.15) is 5.75 Å². The lowest BCUT2D eigenvalue weighted by Gasteiger charge is -2.07. The highest BCUT2D eigenvalue weighted by atomic mass is 35.5. The first-order valence-corrected chi connectivity index (χ1v) is 10.7. The first-order valence-electron chi connectivity index (χ1n) is 9.55. The molecule has 12 heteroatoms. The normalized spacial score (nSPS) is 15.4. The molecule has 1 amide bonds. The quantitative estimate of drug-likeness (QED) is 0.257. The molecule has 1 aliphatic rings. The number of rotatable bonds is 6. The van der Waals surface area contributed by atoms with E-state index in [9.17, 15) is 25.0 Å². The molecule has 1 saturated heterocycles. The number of nitrogens with zero attached hydrogens (tertiary/aromatic N) is 3. The molecule has 0 unspecified atom stereocenters. The summed E-state index contributed by atoms with van der Waals surface area (Å²) in [6, 6.07) is 16.6. The van der Waals surface area contributed by atoms with Gasteiger partial charge >= 0.3 is 5.69 Å². The average molecular weight is 497 g/mol. The molecule has 3 aromatic carbocycles. The molecular formula is C22H13ClN4O6S. The van der Waals surface area contributed by atoms with Crippen molar-refractivity contribution in [3.8, 4) is 11.5 Å². The molecule has 1 heterocycles. The molecule has 34 heavy (non-hydrogen) atoms. The Hall–Kier alpha value is -4.22. The highest BCUT2D eigenvalue weighted by Crippen LogP contribution is 2.35. The number of aliphatic imine (C=N–C) groups is 1. The van der Waals surface area contributed by atoms with E-state index in [4.69, 9.17) is 16.3 Å². The zero-order valence-electron chi connectivity index (χ0n) is 17.0. The number of para-hydroxylation sites is 1. The van der Waals surface area contributed by atoms with Crippen LogP contribution in [-0.2, 0) is 4.79 Å². The van der Waals surface area contributed by atoms with E-state index in [0.717, 1.165) is 23.9 Å². The number of nitrogens with one attached hydrogen (secondary N) is 1. The molecule has 0 radical (unpaired) electrons. The van der Waals surface area contributed by atoms with Crippen LogP contribution in [0.25, 0.3) is 6.08 Å². The fraction of sp³-hybridized carbons (Fsp3) is 0. The van der Waals surface area contributed by atoms with Crippen molar-refractivity contribution in [2.75, 3.05) is 0 Å². The molecule has 1 aliphatic heterocycles. The predicted octanol–water partition coefficient (Wildman–Crippen LogP) is 5.84. The summed E-state index contributed by atoms with van der Waals surface area (Å²) < 4.78 is 5.61. The van der Waals surface area contributed by atoms with E-state index in [2.05, 4.69) is 10.3 Å². The van der Waals surface area contributed by atoms with Crippen molar-refractivity contribution < 1.29 is 19.4 Å². The Bertz CT molecular complexity index is 1390. The van der Waals surface area contributed by atoms with Gasteiger partial charge in [0.25, 0.3) is 11.6 Å². The SMILES string of the molecule is O=C1NC(=Nc2ccccc2Cl)SC1=Cc1cccc(Oc2ccc([N+](=O)[O-])cc2[N+](=O)[O-])c1. The molecular weight excluding hydrogens is 484 g/mol. The highest BCUT2D eigenvalue weighted by molar-refractivity contribution is 8.18. The number of amides is 1. The Balaban J connectivity index is 1.57. The number of hydrogen-bond donors (Lipinski definition) is 1. The van der Waals surface area contributed by atoms with Gasteiger partial charge in [-0.3, -0.25) is 25.0 Å². The van der Waals surface area contributed by atoms with Crippen LogP contribution in [0.5, 0.6) is 11.5 Å². The third-order valence-electron chi connectivity index (χ3n) is 4.46. The summed E-state index contributed by atoms with van der Waals surface area (Å²) >= 11 is 7.25. The second kappa shape index (κ2) is 9.73. The molecule has 0 aromatic heterocycles. The smallest absolute Gasteiger partial charge is 0.318 e. The number of ether oxygens (including phenoxy) is 1. The maximum atomic E-state index is 12.4. The fourth-order valence-electron chi connectivity index (χ4n) is 2.93. The lowest BCUT2D eigenvalue weighted by Crippen LogP contribution is -2.19. The van der Waals surface area contributed by atoms with Gasteiger partial charge in [-0.2, -0.15) is 0 Å². The number of thioether (sulfide) groups is 1. The number of nitro groups is 2. The monoisotopic (exact) mass is 496 g/mol. The minimum atomic E-state index is -0.756. The van der Waals surface area contributed by atoms with Gasteiger partial charge in [-0.25, -0.2) is 4.99 Å². The van der Waals surface area contributed by atoms with Gasteiger partial charge in [0.2, 0.25) is 5.75 Å². The Labute approximate surface area is 201 Å². The number of amidine groups is 1. The zero-order valence-corrected chi connectivity index (χ0v) is 18.6. The van der Waals surface area contributed by atoms with Crippen LogP contribution < -0.4 is 10.1 Å². The summed E-state index contributed by atoms with van der Waals surface area (Å²) in [5.74, 6) is -0.240. The summed E-state index contributed by atoms with van der Waals surface area (Å²) in [4.78, 5) is 37.9. The van der Waals surface area contributed by atoms with E-state index in [1.165, 1.54) is 6.07 Å². The molecule has 0 spiro atoms. The molecule has 0 saturated carbocycles. The van der Waals surface area contributed by atoms with Gasteiger partial charge in [-0.05, 0) is 53.7 Å². The van der Waals surface area contributed by atoms with Crippen LogP contribution in [0.2, 0.25) is 5.02 Å². The number of carbonyl (C=O) groups excluding carboxylic acids is 1. The molecule has 170 valence electrons. The highest BCUT2D eigenvalue weighted by Gasteiger charge is 2.24. The summed E-state index contributed by atoms with van der Waals surface area (Å²) in [6.07, 6.45) is 1.62. The number of benzene rings is 3. The molecule has 10 nitrogen and oxygen atoms in total. The van der Waals surface area contributed by atoms with Crippen LogP contribution >= 0.6 is 23.4 Å². The van der Waals surface area contributed by atoms with Crippen LogP contribution in [-0.4, -0.2) is 20.9 Å². The first kappa shape index (κ1) is 23.0. The van der Waals surface area contributed by atoms with Gasteiger partial charge in [0.15, 0.2) is 5.17 Å². The molecule has 4 rings (SSSR count). The Morgan fingerprint density at radius 3 is 2.53 bits per heavy atom. The topological polar surface area (TPSA) is 137 Å². The van der Waals surface area contributed by atoms with Crippen molar-refractivity contribution in [3.63, 3.8) is 0 Å². The third kappa shape index (κ3) is 5.22. The number of carbonyl (C=O) groups is 1. The summed E-state index contributed by atoms with van der Waals surface area (Å²) in [5, 5.41) is 25.7. The van der Waals surface area contributed by atoms with Crippen molar-refractivity contribution in [3.05, 3.63) is 102 Å². The largest absolute Gasteiger partial charge is 0.450 e. The zero-order chi connectivity index (χ0) is 24.2. The molecule has 0 bridgehead atoms. The van der Waals surface area contributed by atoms with E-state index in [1.807, 2.05) is 0 Å². The second-order valence-electron chi connectivity index (χ2n) is 6.77. The van der Waals surface area contributed by atoms with Crippen molar-refractivity contribution in [2.45, 2.75) is 0 Å². The maximum Gasteiger partial charge on any atom is 0.318 e. The molecule has 3 aromatic rings. The van der Waals surface area contributed by atoms with E-state index < -0.39 is 21.2 Å². The lowest BCUT2D eigenvalue weighted by atomic mass is 10.2. The van der Waals surface area contributed by atoms with Gasteiger partial charge in [0, 0.05) is 6.07 Å². The van der Waals surface area contributed by atoms with Crippen molar-refractivity contribution in [2.24, 2.45) is 4.99 Å². The van der Waals surface area contributed by atoms with Gasteiger partial charge in [0.05, 0.1) is 31.5 Å². The Kier molecular flexibility index (Phi) is 6.57. The summed E-state index contributed by atoms with van der Waals surface area (Å²) in [7, 11) is 0. The number of halogens is 1. The first-order chi connectivity index (χ1) is 16.3. The number of hydrogen-bond acceptors (Lipinski definition) is 8. The van der Waals surface area contributed by atoms with E-state index in [-0.39, 0.29) is 17.4 Å². The van der Waals surface area contributed by atoms with Gasteiger partial charge in [-0.1, -0.05) is 35.9 Å². The van der Waals surface area contributed by atoms with Crippen LogP contribution in [0.15, 0.2) is 76.6 Å². The van der Waals surface area contributed by atoms with Crippen molar-refractivity contribution in [1.82, 2.24) is 5.32 Å². The summed E-state index contributed by atoms with van der Waals surface area (Å²) in [5.41, 5.74) is 0.159. The standard InChI is InChI=1S/C22H13ClN4O6S/c23-16-6-1-2-7-17(16)24-22-25-21(28)20(34-22)11-13-4-3-5-15(10-13)33-19-9-8-14(26(29)30)12-18(19)27(31)32/h1-12H,(H,24,25,28). The van der Waals surface area contributed by atoms with Gasteiger partial charge in [-0.15, -0.1) is 0 Å². The van der Waals surface area contributed by atoms with Crippen LogP contribution in [0, 0.1) is 20.2 Å². The van der Waals surface area contributed by atoms with E-state index in [0.29, 0.717) is 26.3 Å². The molecule has 0 aliphatic carbocycles. The van der Waals surface area contributed by atoms with E-state index >= 15 is 0 Å². The maximum absolute atomic E-state index is 12.4. The van der Waals surface area contributed by atoms with Crippen molar-refractivity contribution >= 4 is 57.6 Å². The van der Waals surface area contributed by atoms with Gasteiger partial charge < -0.3 is 10.1 Å². The average Bonchev–Trinajstić information content (AvgIpc) is 3.14. The Morgan fingerprint density at radius 2 is 1.79 bits per heavy atom. The van der Waals surface area contributed by atoms with E-state index in [1.54, 1.807) is 54.6 Å². The predicted molar refractivity (Wildman–Crippen MR) is 129 cm³/mol. The molecule has 1 fully saturated rings. The second-order valence-corrected chi connectivity index (χ2v) is 8.21. The van der Waals surface area contributed by atoms with Crippen molar-refractivity contribution in [1.29, 1.82) is 0 Å². The minimum Gasteiger partial charge on any atom is -0.450 e. The fourth-order valence-corrected chi connectivity index (χ4v) is 3.94. The molecule has 0 atom stereocenters. The molecule has 1 N–H and O–H groups in total. The minimum absolute atomic E-state index is 0.150. The summed E-state index contributed by atoms with van der Waals surface area (Å²) in [6.45, 7) is 0. The van der Waals surface area contributed by atoms with Crippen LogP contribution in [0.1, 0.15) is 5.56 Å². The van der Waals surface area contributed by atoms with Crippen LogP contribution in [0.3, 0.4) is 0 Å². The Morgan fingerprint density at radius 1 is 1.00 bits per heavy atom.